The lowest BCUT2D eigenvalue weighted by atomic mass is 10.1. The molecule has 0 aliphatic heterocycles. The van der Waals surface area contributed by atoms with Gasteiger partial charge in [-0.2, -0.15) is 0 Å². The number of halogens is 1. The van der Waals surface area contributed by atoms with E-state index in [2.05, 4.69) is 5.32 Å². The number of benzene rings is 1. The minimum absolute atomic E-state index is 0. The number of nitrogens with one attached hydrogen (secondary N) is 1. The molecule has 21 heavy (non-hydrogen) atoms. The van der Waals surface area contributed by atoms with Gasteiger partial charge in [0, 0.05) is 12.6 Å². The number of nitrogens with two attached hydrogens (primary N) is 1. The van der Waals surface area contributed by atoms with Gasteiger partial charge in [-0.15, -0.1) is 12.4 Å². The van der Waals surface area contributed by atoms with Crippen LogP contribution in [0.2, 0.25) is 0 Å². The maximum absolute atomic E-state index is 11.9. The molecule has 0 spiro atoms. The van der Waals surface area contributed by atoms with E-state index in [1.54, 1.807) is 0 Å². The molecule has 1 aliphatic carbocycles. The molecule has 0 aromatic heterocycles. The first-order chi connectivity index (χ1) is 9.54. The molecule has 2 rings (SSSR count). The molecule has 1 saturated carbocycles. The first kappa shape index (κ1) is 17.8. The van der Waals surface area contributed by atoms with E-state index in [0.717, 1.165) is 11.3 Å². The largest absolute Gasteiger partial charge is 0.491 e. The van der Waals surface area contributed by atoms with E-state index < -0.39 is 0 Å². The van der Waals surface area contributed by atoms with E-state index in [9.17, 15) is 4.79 Å². The molecular formula is C16H25ClN2O2. The zero-order valence-corrected chi connectivity index (χ0v) is 13.5. The van der Waals surface area contributed by atoms with Gasteiger partial charge in [-0.25, -0.2) is 0 Å². The highest BCUT2D eigenvalue weighted by Gasteiger charge is 2.28. The lowest BCUT2D eigenvalue weighted by Crippen LogP contribution is -2.39. The molecule has 0 bridgehead atoms. The van der Waals surface area contributed by atoms with E-state index in [-0.39, 0.29) is 30.5 Å². The highest BCUT2D eigenvalue weighted by Crippen LogP contribution is 2.31. The Bertz CT molecular complexity index is 461. The van der Waals surface area contributed by atoms with Crippen LogP contribution in [-0.2, 0) is 11.2 Å². The second-order valence-electron chi connectivity index (χ2n) is 5.80. The zero-order valence-electron chi connectivity index (χ0n) is 12.7. The van der Waals surface area contributed by atoms with Crippen LogP contribution >= 0.6 is 12.4 Å². The summed E-state index contributed by atoms with van der Waals surface area (Å²) in [7, 11) is 0. The summed E-state index contributed by atoms with van der Waals surface area (Å²) in [6.07, 6.45) is 2.90. The molecule has 4 nitrogen and oxygen atoms in total. The van der Waals surface area contributed by atoms with Gasteiger partial charge >= 0.3 is 0 Å². The van der Waals surface area contributed by atoms with Crippen molar-refractivity contribution in [1.82, 2.24) is 5.32 Å². The molecule has 1 unspecified atom stereocenters. The number of carbonyl (C=O) groups is 1. The molecule has 3 N–H and O–H groups in total. The normalized spacial score (nSPS) is 15.2. The molecular weight excluding hydrogens is 288 g/mol. The molecule has 0 radical (unpaired) electrons. The van der Waals surface area contributed by atoms with Gasteiger partial charge in [0.05, 0.1) is 12.5 Å². The summed E-state index contributed by atoms with van der Waals surface area (Å²) >= 11 is 0. The highest BCUT2D eigenvalue weighted by atomic mass is 35.5. The first-order valence-corrected chi connectivity index (χ1v) is 7.32. The predicted molar refractivity (Wildman–Crippen MR) is 86.9 cm³/mol. The Balaban J connectivity index is 0.00000220. The number of carbonyl (C=O) groups excluding carboxylic acids is 1. The average molecular weight is 313 g/mol. The maximum Gasteiger partial charge on any atom is 0.224 e. The standard InChI is InChI=1S/C16H24N2O2.ClH/c1-11(2)20-14-5-3-4-12(8-14)9-16(19)18-10-15(17)13-6-7-13;/h3-5,8,11,13,15H,6-7,9-10,17H2,1-2H3,(H,18,19);1H. The minimum atomic E-state index is 0. The van der Waals surface area contributed by atoms with Crippen molar-refractivity contribution in [2.75, 3.05) is 6.54 Å². The Morgan fingerprint density at radius 3 is 2.76 bits per heavy atom. The first-order valence-electron chi connectivity index (χ1n) is 7.32. The van der Waals surface area contributed by atoms with Gasteiger partial charge < -0.3 is 15.8 Å². The fourth-order valence-corrected chi connectivity index (χ4v) is 2.17. The van der Waals surface area contributed by atoms with Crippen LogP contribution in [0.3, 0.4) is 0 Å². The van der Waals surface area contributed by atoms with Gasteiger partial charge in [0.15, 0.2) is 0 Å². The molecule has 0 heterocycles. The lowest BCUT2D eigenvalue weighted by molar-refractivity contribution is -0.120. The molecule has 1 aromatic carbocycles. The van der Waals surface area contributed by atoms with E-state index in [4.69, 9.17) is 10.5 Å². The van der Waals surface area contributed by atoms with Crippen molar-refractivity contribution in [1.29, 1.82) is 0 Å². The van der Waals surface area contributed by atoms with Crippen LogP contribution in [0.5, 0.6) is 5.75 Å². The summed E-state index contributed by atoms with van der Waals surface area (Å²) < 4.78 is 5.62. The summed E-state index contributed by atoms with van der Waals surface area (Å²) in [5, 5.41) is 2.91. The average Bonchev–Trinajstić information content (AvgIpc) is 3.19. The molecule has 0 saturated heterocycles. The van der Waals surface area contributed by atoms with Crippen molar-refractivity contribution < 1.29 is 9.53 Å². The van der Waals surface area contributed by atoms with Crippen molar-refractivity contribution in [3.05, 3.63) is 29.8 Å². The Morgan fingerprint density at radius 1 is 1.43 bits per heavy atom. The third-order valence-corrected chi connectivity index (χ3v) is 3.40. The number of hydrogen-bond donors (Lipinski definition) is 2. The number of amides is 1. The van der Waals surface area contributed by atoms with Crippen molar-refractivity contribution in [3.8, 4) is 5.75 Å². The van der Waals surface area contributed by atoms with Crippen LogP contribution in [0.25, 0.3) is 0 Å². The third kappa shape index (κ3) is 6.36. The molecule has 1 aromatic rings. The van der Waals surface area contributed by atoms with E-state index in [1.165, 1.54) is 12.8 Å². The van der Waals surface area contributed by atoms with Crippen molar-refractivity contribution >= 4 is 18.3 Å². The van der Waals surface area contributed by atoms with Crippen LogP contribution in [0.4, 0.5) is 0 Å². The number of ether oxygens (including phenoxy) is 1. The highest BCUT2D eigenvalue weighted by molar-refractivity contribution is 5.85. The fourth-order valence-electron chi connectivity index (χ4n) is 2.17. The minimum Gasteiger partial charge on any atom is -0.491 e. The SMILES string of the molecule is CC(C)Oc1cccc(CC(=O)NCC(N)C2CC2)c1.Cl. The van der Waals surface area contributed by atoms with Gasteiger partial charge in [0.2, 0.25) is 5.91 Å². The summed E-state index contributed by atoms with van der Waals surface area (Å²) in [5.41, 5.74) is 6.92. The van der Waals surface area contributed by atoms with E-state index in [1.807, 2.05) is 38.1 Å². The van der Waals surface area contributed by atoms with Crippen LogP contribution in [-0.4, -0.2) is 24.6 Å². The van der Waals surface area contributed by atoms with Crippen molar-refractivity contribution in [2.45, 2.75) is 45.3 Å². The molecule has 118 valence electrons. The van der Waals surface area contributed by atoms with Gasteiger partial charge in [-0.1, -0.05) is 12.1 Å². The maximum atomic E-state index is 11.9. The summed E-state index contributed by atoms with van der Waals surface area (Å²) in [4.78, 5) is 11.9. The Hall–Kier alpha value is -1.26. The van der Waals surface area contributed by atoms with Crippen LogP contribution in [0, 0.1) is 5.92 Å². The summed E-state index contributed by atoms with van der Waals surface area (Å²) in [6.45, 7) is 4.54. The Morgan fingerprint density at radius 2 is 2.14 bits per heavy atom. The second-order valence-corrected chi connectivity index (χ2v) is 5.80. The van der Waals surface area contributed by atoms with Gasteiger partial charge in [0.1, 0.15) is 5.75 Å². The zero-order chi connectivity index (χ0) is 14.5. The Labute approximate surface area is 132 Å². The van der Waals surface area contributed by atoms with Gasteiger partial charge in [0.25, 0.3) is 0 Å². The van der Waals surface area contributed by atoms with Gasteiger partial charge in [-0.05, 0) is 50.3 Å². The van der Waals surface area contributed by atoms with Crippen LogP contribution < -0.4 is 15.8 Å². The number of rotatable bonds is 7. The van der Waals surface area contributed by atoms with Crippen LogP contribution in [0.1, 0.15) is 32.3 Å². The van der Waals surface area contributed by atoms with Gasteiger partial charge in [-0.3, -0.25) is 4.79 Å². The van der Waals surface area contributed by atoms with E-state index >= 15 is 0 Å². The molecule has 1 amide bonds. The van der Waals surface area contributed by atoms with Crippen molar-refractivity contribution in [2.24, 2.45) is 11.7 Å². The van der Waals surface area contributed by atoms with Crippen LogP contribution in [0.15, 0.2) is 24.3 Å². The molecule has 5 heteroatoms. The monoisotopic (exact) mass is 312 g/mol. The molecule has 1 atom stereocenters. The summed E-state index contributed by atoms with van der Waals surface area (Å²) in [6, 6.07) is 7.78. The fraction of sp³-hybridized carbons (Fsp3) is 0.562. The molecule has 1 aliphatic rings. The van der Waals surface area contributed by atoms with Crippen molar-refractivity contribution in [3.63, 3.8) is 0 Å². The summed E-state index contributed by atoms with van der Waals surface area (Å²) in [5.74, 6) is 1.43. The number of hydrogen-bond acceptors (Lipinski definition) is 3. The third-order valence-electron chi connectivity index (χ3n) is 3.40. The Kier molecular flexibility index (Phi) is 6.99. The smallest absolute Gasteiger partial charge is 0.224 e. The molecule has 1 fully saturated rings. The quantitative estimate of drug-likeness (QED) is 0.812. The topological polar surface area (TPSA) is 64.3 Å². The lowest BCUT2D eigenvalue weighted by Gasteiger charge is -2.13. The predicted octanol–water partition coefficient (Wildman–Crippen LogP) is 2.29. The van der Waals surface area contributed by atoms with E-state index in [0.29, 0.717) is 18.9 Å². The second kappa shape index (κ2) is 8.25.